The SMILES string of the molecule is NNc1ncc(F)c(NC2CCS(=O)CC2)n1. The lowest BCUT2D eigenvalue weighted by atomic mass is 10.1. The van der Waals surface area contributed by atoms with E-state index in [0.717, 1.165) is 19.0 Å². The molecule has 1 aliphatic rings. The molecule has 0 spiro atoms. The van der Waals surface area contributed by atoms with Crippen molar-refractivity contribution in [1.82, 2.24) is 9.97 Å². The minimum atomic E-state index is -0.729. The predicted molar refractivity (Wildman–Crippen MR) is 64.3 cm³/mol. The number of hydrogen-bond donors (Lipinski definition) is 3. The number of nitrogens with one attached hydrogen (secondary N) is 2. The highest BCUT2D eigenvalue weighted by Crippen LogP contribution is 2.17. The number of hydrazine groups is 1. The Bertz CT molecular complexity index is 420. The van der Waals surface area contributed by atoms with Gasteiger partial charge in [-0.1, -0.05) is 0 Å². The lowest BCUT2D eigenvalue weighted by Crippen LogP contribution is -2.30. The fourth-order valence-corrected chi connectivity index (χ4v) is 2.97. The Kier molecular flexibility index (Phi) is 3.85. The van der Waals surface area contributed by atoms with Gasteiger partial charge in [-0.15, -0.1) is 0 Å². The molecule has 0 aliphatic carbocycles. The Balaban J connectivity index is 2.04. The van der Waals surface area contributed by atoms with E-state index in [2.05, 4.69) is 20.7 Å². The molecule has 94 valence electrons. The summed E-state index contributed by atoms with van der Waals surface area (Å²) in [7, 11) is -0.729. The molecule has 0 radical (unpaired) electrons. The van der Waals surface area contributed by atoms with Crippen molar-refractivity contribution >= 4 is 22.6 Å². The van der Waals surface area contributed by atoms with Gasteiger partial charge in [0.1, 0.15) is 0 Å². The number of aromatic nitrogens is 2. The summed E-state index contributed by atoms with van der Waals surface area (Å²) in [5.41, 5.74) is 2.26. The number of halogens is 1. The van der Waals surface area contributed by atoms with E-state index in [9.17, 15) is 8.60 Å². The van der Waals surface area contributed by atoms with Crippen LogP contribution in [0.3, 0.4) is 0 Å². The van der Waals surface area contributed by atoms with Crippen LogP contribution in [0.1, 0.15) is 12.8 Å². The molecule has 8 heteroatoms. The summed E-state index contributed by atoms with van der Waals surface area (Å²) >= 11 is 0. The third-order valence-electron chi connectivity index (χ3n) is 2.60. The second-order valence-corrected chi connectivity index (χ2v) is 5.50. The topological polar surface area (TPSA) is 92.9 Å². The molecule has 1 aromatic rings. The molecule has 0 atom stereocenters. The van der Waals surface area contributed by atoms with Crippen molar-refractivity contribution in [2.75, 3.05) is 22.2 Å². The predicted octanol–water partition coefficient (Wildman–Crippen LogP) is 0.224. The first-order valence-corrected chi connectivity index (χ1v) is 6.78. The van der Waals surface area contributed by atoms with Crippen LogP contribution in [0.15, 0.2) is 6.20 Å². The summed E-state index contributed by atoms with van der Waals surface area (Å²) in [6.45, 7) is 0. The third-order valence-corrected chi connectivity index (χ3v) is 3.98. The van der Waals surface area contributed by atoms with Gasteiger partial charge in [0.2, 0.25) is 5.95 Å². The van der Waals surface area contributed by atoms with Gasteiger partial charge >= 0.3 is 0 Å². The second kappa shape index (κ2) is 5.37. The molecule has 0 bridgehead atoms. The number of hydrogen-bond acceptors (Lipinski definition) is 6. The van der Waals surface area contributed by atoms with Crippen molar-refractivity contribution in [2.45, 2.75) is 18.9 Å². The highest BCUT2D eigenvalue weighted by atomic mass is 32.2. The maximum absolute atomic E-state index is 13.4. The molecule has 2 heterocycles. The van der Waals surface area contributed by atoms with E-state index in [0.29, 0.717) is 11.5 Å². The van der Waals surface area contributed by atoms with Gasteiger partial charge < -0.3 is 5.32 Å². The molecule has 4 N–H and O–H groups in total. The normalized spacial score (nSPS) is 24.4. The standard InChI is InChI=1S/C9H14FN5OS/c10-7-5-12-9(15-11)14-8(7)13-6-1-3-17(16)4-2-6/h5-6H,1-4,11H2,(H2,12,13,14,15). The fraction of sp³-hybridized carbons (Fsp3) is 0.556. The minimum absolute atomic E-state index is 0.0997. The Labute approximate surface area is 101 Å². The summed E-state index contributed by atoms with van der Waals surface area (Å²) in [6, 6.07) is 0.0997. The van der Waals surface area contributed by atoms with Crippen molar-refractivity contribution < 1.29 is 8.60 Å². The molecule has 1 aromatic heterocycles. The third kappa shape index (κ3) is 3.10. The van der Waals surface area contributed by atoms with E-state index in [-0.39, 0.29) is 17.8 Å². The van der Waals surface area contributed by atoms with Gasteiger partial charge in [-0.3, -0.25) is 9.63 Å². The van der Waals surface area contributed by atoms with Gasteiger partial charge in [0.15, 0.2) is 11.6 Å². The highest BCUT2D eigenvalue weighted by Gasteiger charge is 2.19. The van der Waals surface area contributed by atoms with Crippen molar-refractivity contribution in [3.63, 3.8) is 0 Å². The molecule has 1 fully saturated rings. The largest absolute Gasteiger partial charge is 0.365 e. The summed E-state index contributed by atoms with van der Waals surface area (Å²) in [5, 5.41) is 2.99. The van der Waals surface area contributed by atoms with Gasteiger partial charge in [0, 0.05) is 28.3 Å². The number of nitrogens with two attached hydrogens (primary N) is 1. The van der Waals surface area contributed by atoms with Crippen molar-refractivity contribution in [2.24, 2.45) is 5.84 Å². The first kappa shape index (κ1) is 12.2. The zero-order valence-corrected chi connectivity index (χ0v) is 9.97. The Morgan fingerprint density at radius 2 is 2.18 bits per heavy atom. The van der Waals surface area contributed by atoms with Gasteiger partial charge in [0.05, 0.1) is 6.20 Å². The van der Waals surface area contributed by atoms with E-state index in [1.807, 2.05) is 0 Å². The van der Waals surface area contributed by atoms with Crippen molar-refractivity contribution in [3.05, 3.63) is 12.0 Å². The van der Waals surface area contributed by atoms with Gasteiger partial charge in [0.25, 0.3) is 0 Å². The van der Waals surface area contributed by atoms with Crippen molar-refractivity contribution in [3.8, 4) is 0 Å². The summed E-state index contributed by atoms with van der Waals surface area (Å²) in [4.78, 5) is 7.55. The maximum atomic E-state index is 13.4. The van der Waals surface area contributed by atoms with Gasteiger partial charge in [-0.25, -0.2) is 15.2 Å². The molecule has 0 saturated carbocycles. The van der Waals surface area contributed by atoms with Crippen LogP contribution in [0.4, 0.5) is 16.2 Å². The highest BCUT2D eigenvalue weighted by molar-refractivity contribution is 7.85. The van der Waals surface area contributed by atoms with Gasteiger partial charge in [-0.2, -0.15) is 4.98 Å². The molecule has 17 heavy (non-hydrogen) atoms. The average molecular weight is 259 g/mol. The van der Waals surface area contributed by atoms with Crippen LogP contribution in [-0.4, -0.2) is 31.7 Å². The molecule has 0 amide bonds. The zero-order chi connectivity index (χ0) is 12.3. The van der Waals surface area contributed by atoms with Crippen LogP contribution < -0.4 is 16.6 Å². The molecule has 1 aliphatic heterocycles. The molecular weight excluding hydrogens is 245 g/mol. The van der Waals surface area contributed by atoms with E-state index in [1.165, 1.54) is 0 Å². The Hall–Kier alpha value is -1.28. The van der Waals surface area contributed by atoms with Gasteiger partial charge in [-0.05, 0) is 12.8 Å². The van der Waals surface area contributed by atoms with E-state index < -0.39 is 16.6 Å². The van der Waals surface area contributed by atoms with Crippen LogP contribution >= 0.6 is 0 Å². The average Bonchev–Trinajstić information content (AvgIpc) is 2.35. The van der Waals surface area contributed by atoms with Crippen LogP contribution in [0.25, 0.3) is 0 Å². The lowest BCUT2D eigenvalue weighted by molar-refractivity contribution is 0.594. The van der Waals surface area contributed by atoms with Crippen molar-refractivity contribution in [1.29, 1.82) is 0 Å². The maximum Gasteiger partial charge on any atom is 0.239 e. The lowest BCUT2D eigenvalue weighted by Gasteiger charge is -2.23. The quantitative estimate of drug-likeness (QED) is 0.531. The number of nitrogens with zero attached hydrogens (tertiary/aromatic N) is 2. The fourth-order valence-electron chi connectivity index (χ4n) is 1.67. The van der Waals surface area contributed by atoms with Crippen LogP contribution in [0.2, 0.25) is 0 Å². The molecular formula is C9H14FN5OS. The molecule has 0 unspecified atom stereocenters. The summed E-state index contributed by atoms with van der Waals surface area (Å²) < 4.78 is 24.6. The van der Waals surface area contributed by atoms with Crippen LogP contribution in [0, 0.1) is 5.82 Å². The Morgan fingerprint density at radius 3 is 2.82 bits per heavy atom. The first-order chi connectivity index (χ1) is 8.19. The number of anilines is 2. The van der Waals surface area contributed by atoms with E-state index in [4.69, 9.17) is 5.84 Å². The molecule has 1 saturated heterocycles. The first-order valence-electron chi connectivity index (χ1n) is 5.29. The number of rotatable bonds is 3. The second-order valence-electron chi connectivity index (χ2n) is 3.80. The summed E-state index contributed by atoms with van der Waals surface area (Å²) in [5.74, 6) is 6.22. The zero-order valence-electron chi connectivity index (χ0n) is 9.15. The van der Waals surface area contributed by atoms with E-state index >= 15 is 0 Å². The van der Waals surface area contributed by atoms with Crippen LogP contribution in [-0.2, 0) is 10.8 Å². The van der Waals surface area contributed by atoms with E-state index in [1.54, 1.807) is 0 Å². The number of nitrogen functional groups attached to an aromatic ring is 1. The monoisotopic (exact) mass is 259 g/mol. The minimum Gasteiger partial charge on any atom is -0.365 e. The Morgan fingerprint density at radius 1 is 1.47 bits per heavy atom. The molecule has 2 rings (SSSR count). The summed E-state index contributed by atoms with van der Waals surface area (Å²) in [6.07, 6.45) is 2.56. The smallest absolute Gasteiger partial charge is 0.239 e. The molecule has 0 aromatic carbocycles. The molecule has 6 nitrogen and oxygen atoms in total. The van der Waals surface area contributed by atoms with Crippen LogP contribution in [0.5, 0.6) is 0 Å².